The van der Waals surface area contributed by atoms with Gasteiger partial charge in [0.25, 0.3) is 0 Å². The van der Waals surface area contributed by atoms with Crippen LogP contribution < -0.4 is 0 Å². The number of hydrogen-bond acceptors (Lipinski definition) is 3. The van der Waals surface area contributed by atoms with Crippen LogP contribution in [0, 0.1) is 0 Å². The number of rotatable bonds is 11. The molecule has 0 spiro atoms. The van der Waals surface area contributed by atoms with Crippen LogP contribution in [-0.2, 0) is 4.74 Å². The van der Waals surface area contributed by atoms with Gasteiger partial charge in [0.15, 0.2) is 0 Å². The van der Waals surface area contributed by atoms with Gasteiger partial charge in [0.2, 0.25) is 0 Å². The lowest BCUT2D eigenvalue weighted by Crippen LogP contribution is -2.30. The quantitative estimate of drug-likeness (QED) is 0.435. The summed E-state index contributed by atoms with van der Waals surface area (Å²) in [4.78, 5) is 2.52. The summed E-state index contributed by atoms with van der Waals surface area (Å²) in [7, 11) is 0. The smallest absolute Gasteiger partial charge is 0.0593 e. The van der Waals surface area contributed by atoms with Crippen molar-refractivity contribution in [1.82, 2.24) is 4.90 Å². The van der Waals surface area contributed by atoms with Crippen molar-refractivity contribution in [1.29, 1.82) is 0 Å². The lowest BCUT2D eigenvalue weighted by Gasteiger charge is -2.21. The molecule has 0 heterocycles. The molecule has 0 saturated carbocycles. The van der Waals surface area contributed by atoms with Crippen molar-refractivity contribution < 1.29 is 4.74 Å². The van der Waals surface area contributed by atoms with Gasteiger partial charge in [0.05, 0.1) is 13.2 Å². The summed E-state index contributed by atoms with van der Waals surface area (Å²) in [6.45, 7) is 9.65. The van der Waals surface area contributed by atoms with Gasteiger partial charge in [-0.15, -0.1) is 0 Å². The standard InChI is InChI=1S/C12H27NOS/c1-3-5-7-13(8-6-4-2)9-10-14-11-12-15/h15H,3-12H2,1-2H3. The van der Waals surface area contributed by atoms with Crippen LogP contribution in [0.25, 0.3) is 0 Å². The molecule has 0 aromatic heterocycles. The highest BCUT2D eigenvalue weighted by Crippen LogP contribution is 1.99. The van der Waals surface area contributed by atoms with Gasteiger partial charge in [0, 0.05) is 12.3 Å². The van der Waals surface area contributed by atoms with Gasteiger partial charge >= 0.3 is 0 Å². The van der Waals surface area contributed by atoms with Gasteiger partial charge in [-0.2, -0.15) is 12.6 Å². The Morgan fingerprint density at radius 1 is 0.933 bits per heavy atom. The van der Waals surface area contributed by atoms with E-state index >= 15 is 0 Å². The number of thiol groups is 1. The van der Waals surface area contributed by atoms with Crippen molar-refractivity contribution in [3.63, 3.8) is 0 Å². The molecule has 0 N–H and O–H groups in total. The average molecular weight is 233 g/mol. The van der Waals surface area contributed by atoms with Crippen LogP contribution in [0.4, 0.5) is 0 Å². The molecule has 0 fully saturated rings. The first-order chi connectivity index (χ1) is 7.35. The second-order valence-electron chi connectivity index (χ2n) is 3.88. The van der Waals surface area contributed by atoms with E-state index in [9.17, 15) is 0 Å². The van der Waals surface area contributed by atoms with Gasteiger partial charge in [-0.1, -0.05) is 26.7 Å². The molecule has 0 unspecified atom stereocenters. The predicted molar refractivity (Wildman–Crippen MR) is 70.9 cm³/mol. The summed E-state index contributed by atoms with van der Waals surface area (Å²) in [5, 5.41) is 0. The molecule has 0 aliphatic rings. The Balaban J connectivity index is 3.49. The normalized spacial score (nSPS) is 11.2. The number of hydrogen-bond donors (Lipinski definition) is 1. The molecular weight excluding hydrogens is 206 g/mol. The van der Waals surface area contributed by atoms with Crippen LogP contribution in [0.1, 0.15) is 39.5 Å². The molecule has 0 atom stereocenters. The second kappa shape index (κ2) is 12.3. The maximum absolute atomic E-state index is 5.46. The van der Waals surface area contributed by atoms with Gasteiger partial charge in [0.1, 0.15) is 0 Å². The van der Waals surface area contributed by atoms with Gasteiger partial charge < -0.3 is 9.64 Å². The van der Waals surface area contributed by atoms with E-state index in [1.165, 1.54) is 38.8 Å². The van der Waals surface area contributed by atoms with Crippen molar-refractivity contribution in [2.45, 2.75) is 39.5 Å². The summed E-state index contributed by atoms with van der Waals surface area (Å²) >= 11 is 4.12. The van der Waals surface area contributed by atoms with Crippen LogP contribution in [0.5, 0.6) is 0 Å². The molecule has 0 aliphatic heterocycles. The maximum atomic E-state index is 5.46. The largest absolute Gasteiger partial charge is 0.379 e. The van der Waals surface area contributed by atoms with E-state index in [2.05, 4.69) is 31.4 Å². The van der Waals surface area contributed by atoms with Crippen molar-refractivity contribution in [2.24, 2.45) is 0 Å². The summed E-state index contributed by atoms with van der Waals surface area (Å²) in [6, 6.07) is 0. The summed E-state index contributed by atoms with van der Waals surface area (Å²) in [6.07, 6.45) is 5.16. The maximum Gasteiger partial charge on any atom is 0.0593 e. The molecule has 0 bridgehead atoms. The topological polar surface area (TPSA) is 12.5 Å². The first kappa shape index (κ1) is 15.3. The zero-order valence-corrected chi connectivity index (χ0v) is 11.3. The van der Waals surface area contributed by atoms with Crippen LogP contribution >= 0.6 is 12.6 Å². The van der Waals surface area contributed by atoms with Crippen LogP contribution in [0.3, 0.4) is 0 Å². The number of nitrogens with zero attached hydrogens (tertiary/aromatic N) is 1. The van der Waals surface area contributed by atoms with E-state index in [0.717, 1.165) is 25.5 Å². The minimum Gasteiger partial charge on any atom is -0.379 e. The zero-order chi connectivity index (χ0) is 11.4. The summed E-state index contributed by atoms with van der Waals surface area (Å²) in [5.74, 6) is 0.823. The fourth-order valence-electron chi connectivity index (χ4n) is 1.46. The highest BCUT2D eigenvalue weighted by Gasteiger charge is 2.02. The lowest BCUT2D eigenvalue weighted by molar-refractivity contribution is 0.114. The highest BCUT2D eigenvalue weighted by atomic mass is 32.1. The zero-order valence-electron chi connectivity index (χ0n) is 10.4. The Kier molecular flexibility index (Phi) is 12.6. The minimum absolute atomic E-state index is 0.776. The molecule has 0 radical (unpaired) electrons. The minimum atomic E-state index is 0.776. The monoisotopic (exact) mass is 233 g/mol. The van der Waals surface area contributed by atoms with Crippen molar-refractivity contribution in [3.8, 4) is 0 Å². The van der Waals surface area contributed by atoms with Crippen LogP contribution in [0.15, 0.2) is 0 Å². The van der Waals surface area contributed by atoms with Gasteiger partial charge in [-0.05, 0) is 25.9 Å². The SMILES string of the molecule is CCCCN(CCCC)CCOCCS. The molecule has 2 nitrogen and oxygen atoms in total. The molecule has 0 aromatic rings. The van der Waals surface area contributed by atoms with Gasteiger partial charge in [-0.25, -0.2) is 0 Å². The average Bonchev–Trinajstić information content (AvgIpc) is 2.27. The van der Waals surface area contributed by atoms with Crippen molar-refractivity contribution in [2.75, 3.05) is 38.6 Å². The Hall–Kier alpha value is 0.270. The Bertz CT molecular complexity index is 114. The molecule has 15 heavy (non-hydrogen) atoms. The molecule has 0 aliphatic carbocycles. The fourth-order valence-corrected chi connectivity index (χ4v) is 1.59. The highest BCUT2D eigenvalue weighted by molar-refractivity contribution is 7.80. The van der Waals surface area contributed by atoms with E-state index < -0.39 is 0 Å². The predicted octanol–water partition coefficient (Wildman–Crippen LogP) is 2.84. The Morgan fingerprint density at radius 2 is 1.53 bits per heavy atom. The van der Waals surface area contributed by atoms with Crippen LogP contribution in [-0.4, -0.2) is 43.5 Å². The Labute approximate surface area is 101 Å². The van der Waals surface area contributed by atoms with Crippen LogP contribution in [0.2, 0.25) is 0 Å². The third kappa shape index (κ3) is 10.6. The van der Waals surface area contributed by atoms with Gasteiger partial charge in [-0.3, -0.25) is 0 Å². The fraction of sp³-hybridized carbons (Fsp3) is 1.00. The van der Waals surface area contributed by atoms with Crippen molar-refractivity contribution >= 4 is 12.6 Å². The van der Waals surface area contributed by atoms with Crippen molar-refractivity contribution in [3.05, 3.63) is 0 Å². The third-order valence-corrected chi connectivity index (χ3v) is 2.63. The molecular formula is C12H27NOS. The number of ether oxygens (including phenoxy) is 1. The molecule has 0 saturated heterocycles. The first-order valence-electron chi connectivity index (χ1n) is 6.26. The summed E-state index contributed by atoms with van der Waals surface area (Å²) in [5.41, 5.74) is 0. The molecule has 0 aromatic carbocycles. The van der Waals surface area contributed by atoms with E-state index in [1.807, 2.05) is 0 Å². The van der Waals surface area contributed by atoms with E-state index in [-0.39, 0.29) is 0 Å². The lowest BCUT2D eigenvalue weighted by atomic mass is 10.2. The van der Waals surface area contributed by atoms with E-state index in [1.54, 1.807) is 0 Å². The molecule has 0 rings (SSSR count). The third-order valence-electron chi connectivity index (χ3n) is 2.44. The molecule has 0 amide bonds. The summed E-state index contributed by atoms with van der Waals surface area (Å²) < 4.78 is 5.46. The second-order valence-corrected chi connectivity index (χ2v) is 4.33. The Morgan fingerprint density at radius 3 is 2.00 bits per heavy atom. The van der Waals surface area contributed by atoms with E-state index in [0.29, 0.717) is 0 Å². The first-order valence-corrected chi connectivity index (χ1v) is 6.89. The number of unbranched alkanes of at least 4 members (excludes halogenated alkanes) is 2. The molecule has 92 valence electrons. The molecule has 3 heteroatoms. The van der Waals surface area contributed by atoms with E-state index in [4.69, 9.17) is 4.74 Å².